The quantitative estimate of drug-likeness (QED) is 0.590. The normalized spacial score (nSPS) is 18.0. The Morgan fingerprint density at radius 2 is 2.16 bits per heavy atom. The average Bonchev–Trinajstić information content (AvgIpc) is 3.16. The monoisotopic (exact) mass is 343 g/mol. The van der Waals surface area contributed by atoms with E-state index in [1.807, 2.05) is 24.3 Å². The van der Waals surface area contributed by atoms with E-state index in [1.165, 1.54) is 12.5 Å². The van der Waals surface area contributed by atoms with E-state index >= 15 is 0 Å². The lowest BCUT2D eigenvalue weighted by molar-refractivity contribution is -0.137. The minimum Gasteiger partial charge on any atom is -0.465 e. The number of benzene rings is 1. The molecule has 1 fully saturated rings. The zero-order valence-electron chi connectivity index (χ0n) is 14.1. The van der Waals surface area contributed by atoms with Gasteiger partial charge in [0.25, 0.3) is 0 Å². The van der Waals surface area contributed by atoms with Gasteiger partial charge < -0.3 is 18.6 Å². The lowest BCUT2D eigenvalue weighted by Crippen LogP contribution is -2.24. The Balaban J connectivity index is 1.78. The molecule has 1 aromatic heterocycles. The zero-order chi connectivity index (χ0) is 17.5. The number of aromatic nitrogens is 1. The largest absolute Gasteiger partial charge is 0.465 e. The minimum atomic E-state index is -0.426. The molecular weight excluding hydrogens is 322 g/mol. The van der Waals surface area contributed by atoms with E-state index in [9.17, 15) is 4.79 Å². The molecule has 0 radical (unpaired) electrons. The van der Waals surface area contributed by atoms with Crippen molar-refractivity contribution in [1.82, 2.24) is 4.98 Å². The van der Waals surface area contributed by atoms with Crippen LogP contribution in [0, 0.1) is 0 Å². The first-order valence-corrected chi connectivity index (χ1v) is 8.42. The Morgan fingerprint density at radius 3 is 2.80 bits per heavy atom. The molecule has 0 bridgehead atoms. The highest BCUT2D eigenvalue weighted by molar-refractivity contribution is 5.95. The molecule has 2 heterocycles. The summed E-state index contributed by atoms with van der Waals surface area (Å²) >= 11 is 0. The Bertz CT molecular complexity index is 700. The van der Waals surface area contributed by atoms with Crippen LogP contribution in [0.4, 0.5) is 0 Å². The molecule has 6 nitrogen and oxygen atoms in total. The summed E-state index contributed by atoms with van der Waals surface area (Å²) < 4.78 is 21.8. The van der Waals surface area contributed by atoms with Crippen molar-refractivity contribution in [3.05, 3.63) is 54.3 Å². The molecule has 0 amide bonds. The molecule has 0 N–H and O–H groups in total. The summed E-state index contributed by atoms with van der Waals surface area (Å²) in [5, 5.41) is 0. The summed E-state index contributed by atoms with van der Waals surface area (Å²) in [7, 11) is 0. The summed E-state index contributed by atoms with van der Waals surface area (Å²) in [6, 6.07) is 7.43. The molecule has 0 saturated carbocycles. The summed E-state index contributed by atoms with van der Waals surface area (Å²) in [5.41, 5.74) is 1.41. The van der Waals surface area contributed by atoms with E-state index in [0.717, 1.165) is 37.2 Å². The van der Waals surface area contributed by atoms with Crippen LogP contribution < -0.4 is 4.74 Å². The molecule has 6 heteroatoms. The van der Waals surface area contributed by atoms with Gasteiger partial charge >= 0.3 is 5.97 Å². The first-order valence-electron chi connectivity index (χ1n) is 8.42. The summed E-state index contributed by atoms with van der Waals surface area (Å²) in [4.78, 5) is 15.8. The van der Waals surface area contributed by atoms with Crippen molar-refractivity contribution in [3.8, 4) is 5.75 Å². The Morgan fingerprint density at radius 1 is 1.32 bits per heavy atom. The molecular formula is C19H21NO5. The van der Waals surface area contributed by atoms with Gasteiger partial charge in [-0.05, 0) is 37.5 Å². The second-order valence-electron chi connectivity index (χ2n) is 5.61. The SMILES string of the molecule is CCOC(=O)/C=C(\c1ccc(OC2CCCCO2)cc1)c1cnco1. The van der Waals surface area contributed by atoms with Gasteiger partial charge in [0.1, 0.15) is 5.75 Å². The average molecular weight is 343 g/mol. The van der Waals surface area contributed by atoms with E-state index in [0.29, 0.717) is 17.9 Å². The van der Waals surface area contributed by atoms with Gasteiger partial charge in [0.15, 0.2) is 18.4 Å². The van der Waals surface area contributed by atoms with Crippen molar-refractivity contribution in [3.63, 3.8) is 0 Å². The molecule has 1 saturated heterocycles. The number of esters is 1. The predicted octanol–water partition coefficient (Wildman–Crippen LogP) is 3.57. The third-order valence-corrected chi connectivity index (χ3v) is 3.82. The van der Waals surface area contributed by atoms with Crippen molar-refractivity contribution in [2.45, 2.75) is 32.5 Å². The van der Waals surface area contributed by atoms with Crippen LogP contribution in [0.3, 0.4) is 0 Å². The maximum Gasteiger partial charge on any atom is 0.331 e. The number of hydrogen-bond donors (Lipinski definition) is 0. The molecule has 132 valence electrons. The molecule has 1 atom stereocenters. The molecule has 1 aliphatic rings. The van der Waals surface area contributed by atoms with Crippen LogP contribution in [0.2, 0.25) is 0 Å². The van der Waals surface area contributed by atoms with Crippen LogP contribution in [0.5, 0.6) is 5.75 Å². The summed E-state index contributed by atoms with van der Waals surface area (Å²) in [6.45, 7) is 2.81. The molecule has 1 unspecified atom stereocenters. The Kier molecular flexibility index (Phi) is 5.85. The van der Waals surface area contributed by atoms with Crippen LogP contribution in [0.1, 0.15) is 37.5 Å². The summed E-state index contributed by atoms with van der Waals surface area (Å²) in [6.07, 6.45) is 7.19. The first-order chi connectivity index (χ1) is 12.3. The van der Waals surface area contributed by atoms with Crippen molar-refractivity contribution in [1.29, 1.82) is 0 Å². The van der Waals surface area contributed by atoms with Gasteiger partial charge in [0.2, 0.25) is 0 Å². The highest BCUT2D eigenvalue weighted by Crippen LogP contribution is 2.26. The minimum absolute atomic E-state index is 0.191. The van der Waals surface area contributed by atoms with E-state index in [1.54, 1.807) is 13.1 Å². The van der Waals surface area contributed by atoms with Gasteiger partial charge in [-0.1, -0.05) is 12.1 Å². The molecule has 2 aromatic rings. The maximum absolute atomic E-state index is 11.8. The van der Waals surface area contributed by atoms with Gasteiger partial charge in [-0.3, -0.25) is 0 Å². The smallest absolute Gasteiger partial charge is 0.331 e. The third-order valence-electron chi connectivity index (χ3n) is 3.82. The maximum atomic E-state index is 11.8. The molecule has 25 heavy (non-hydrogen) atoms. The lowest BCUT2D eigenvalue weighted by Gasteiger charge is -2.23. The van der Waals surface area contributed by atoms with Crippen molar-refractivity contribution < 1.29 is 23.4 Å². The highest BCUT2D eigenvalue weighted by Gasteiger charge is 2.16. The molecule has 0 aliphatic carbocycles. The number of hydrogen-bond acceptors (Lipinski definition) is 6. The molecule has 1 aliphatic heterocycles. The second-order valence-corrected chi connectivity index (χ2v) is 5.61. The zero-order valence-corrected chi connectivity index (χ0v) is 14.1. The fraction of sp³-hybridized carbons (Fsp3) is 0.368. The van der Waals surface area contributed by atoms with E-state index in [2.05, 4.69) is 4.98 Å². The number of nitrogens with zero attached hydrogens (tertiary/aromatic N) is 1. The second kappa shape index (κ2) is 8.48. The van der Waals surface area contributed by atoms with Gasteiger partial charge in [-0.2, -0.15) is 0 Å². The van der Waals surface area contributed by atoms with E-state index in [4.69, 9.17) is 18.6 Å². The van der Waals surface area contributed by atoms with Gasteiger partial charge in [0, 0.05) is 18.1 Å². The Labute approximate surface area is 146 Å². The predicted molar refractivity (Wildman–Crippen MR) is 90.9 cm³/mol. The van der Waals surface area contributed by atoms with E-state index in [-0.39, 0.29) is 6.29 Å². The number of oxazole rings is 1. The molecule has 3 rings (SSSR count). The van der Waals surface area contributed by atoms with Crippen LogP contribution in [-0.2, 0) is 14.3 Å². The number of ether oxygens (including phenoxy) is 3. The fourth-order valence-corrected chi connectivity index (χ4v) is 2.62. The molecule has 0 spiro atoms. The lowest BCUT2D eigenvalue weighted by atomic mass is 10.0. The van der Waals surface area contributed by atoms with Crippen LogP contribution in [0.25, 0.3) is 5.57 Å². The Hall–Kier alpha value is -2.60. The number of carbonyl (C=O) groups excluding carboxylic acids is 1. The fourth-order valence-electron chi connectivity index (χ4n) is 2.62. The van der Waals surface area contributed by atoms with Crippen molar-refractivity contribution in [2.75, 3.05) is 13.2 Å². The first kappa shape index (κ1) is 17.2. The topological polar surface area (TPSA) is 70.8 Å². The van der Waals surface area contributed by atoms with E-state index < -0.39 is 5.97 Å². The summed E-state index contributed by atoms with van der Waals surface area (Å²) in [5.74, 6) is 0.797. The molecule has 1 aromatic carbocycles. The van der Waals surface area contributed by atoms with Crippen LogP contribution in [-0.4, -0.2) is 30.5 Å². The van der Waals surface area contributed by atoms with Crippen molar-refractivity contribution >= 4 is 11.5 Å². The van der Waals surface area contributed by atoms with Gasteiger partial charge in [0.05, 0.1) is 19.4 Å². The van der Waals surface area contributed by atoms with Crippen LogP contribution >= 0.6 is 0 Å². The third kappa shape index (κ3) is 4.70. The van der Waals surface area contributed by atoms with Crippen molar-refractivity contribution in [2.24, 2.45) is 0 Å². The standard InChI is InChI=1S/C19H21NO5/c1-2-22-18(21)11-16(17-12-20-13-24-17)14-6-8-15(9-7-14)25-19-5-3-4-10-23-19/h6-9,11-13,19H,2-5,10H2,1H3/b16-11+. The van der Waals surface area contributed by atoms with Crippen LogP contribution in [0.15, 0.2) is 47.3 Å². The van der Waals surface area contributed by atoms with Gasteiger partial charge in [-0.15, -0.1) is 0 Å². The number of rotatable bonds is 6. The highest BCUT2D eigenvalue weighted by atomic mass is 16.7. The van der Waals surface area contributed by atoms with Gasteiger partial charge in [-0.25, -0.2) is 9.78 Å². The number of carbonyl (C=O) groups is 1.